The molecule has 1 N–H and O–H groups in total. The van der Waals surface area contributed by atoms with E-state index < -0.39 is 5.97 Å². The van der Waals surface area contributed by atoms with Crippen LogP contribution >= 0.6 is 11.6 Å². The number of hydrogen-bond donors (Lipinski definition) is 1. The highest BCUT2D eigenvalue weighted by molar-refractivity contribution is 6.31. The fourth-order valence-electron chi connectivity index (χ4n) is 1.34. The fraction of sp³-hybridized carbons (Fsp3) is 0.0833. The standard InChI is InChI=1S/C12H9ClN2O3/c13-9-4-2-1-3-8(9)7-18-11-10(12(16)17)14-5-6-15-11/h1-6H,7H2,(H,16,17). The zero-order valence-electron chi connectivity index (χ0n) is 9.21. The Morgan fingerprint density at radius 1 is 1.28 bits per heavy atom. The van der Waals surface area contributed by atoms with Crippen LogP contribution in [0, 0.1) is 0 Å². The van der Waals surface area contributed by atoms with Gasteiger partial charge >= 0.3 is 5.97 Å². The first-order valence-electron chi connectivity index (χ1n) is 5.09. The van der Waals surface area contributed by atoms with Gasteiger partial charge in [0.15, 0.2) is 0 Å². The summed E-state index contributed by atoms with van der Waals surface area (Å²) in [6, 6.07) is 7.14. The van der Waals surface area contributed by atoms with Crippen LogP contribution in [-0.2, 0) is 6.61 Å². The maximum absolute atomic E-state index is 10.9. The molecule has 0 aliphatic carbocycles. The summed E-state index contributed by atoms with van der Waals surface area (Å²) in [6.45, 7) is 0.138. The van der Waals surface area contributed by atoms with Gasteiger partial charge in [0, 0.05) is 23.0 Å². The van der Waals surface area contributed by atoms with Gasteiger partial charge in [-0.3, -0.25) is 0 Å². The SMILES string of the molecule is O=C(O)c1nccnc1OCc1ccccc1Cl. The van der Waals surface area contributed by atoms with Crippen molar-refractivity contribution in [2.75, 3.05) is 0 Å². The van der Waals surface area contributed by atoms with Gasteiger partial charge in [0.25, 0.3) is 0 Å². The Bertz CT molecular complexity index is 575. The second-order valence-electron chi connectivity index (χ2n) is 3.40. The van der Waals surface area contributed by atoms with Crippen LogP contribution in [-0.4, -0.2) is 21.0 Å². The van der Waals surface area contributed by atoms with E-state index in [0.29, 0.717) is 5.02 Å². The van der Waals surface area contributed by atoms with E-state index in [9.17, 15) is 4.79 Å². The molecule has 0 spiro atoms. The molecule has 0 unspecified atom stereocenters. The Hall–Kier alpha value is -2.14. The molecule has 0 saturated carbocycles. The monoisotopic (exact) mass is 264 g/mol. The summed E-state index contributed by atoms with van der Waals surface area (Å²) < 4.78 is 5.33. The lowest BCUT2D eigenvalue weighted by molar-refractivity contribution is 0.0683. The molecular formula is C12H9ClN2O3. The van der Waals surface area contributed by atoms with Gasteiger partial charge in [-0.05, 0) is 6.07 Å². The summed E-state index contributed by atoms with van der Waals surface area (Å²) in [7, 11) is 0. The normalized spacial score (nSPS) is 10.1. The Kier molecular flexibility index (Phi) is 3.74. The summed E-state index contributed by atoms with van der Waals surface area (Å²) in [6.07, 6.45) is 2.67. The van der Waals surface area contributed by atoms with E-state index in [1.807, 2.05) is 6.07 Å². The number of hydrogen-bond acceptors (Lipinski definition) is 4. The summed E-state index contributed by atoms with van der Waals surface area (Å²) in [4.78, 5) is 18.4. The largest absolute Gasteiger partial charge is 0.476 e. The lowest BCUT2D eigenvalue weighted by Crippen LogP contribution is -2.07. The quantitative estimate of drug-likeness (QED) is 0.918. The number of halogens is 1. The van der Waals surface area contributed by atoms with Crippen molar-refractivity contribution in [1.29, 1.82) is 0 Å². The average molecular weight is 265 g/mol. The molecule has 0 atom stereocenters. The molecule has 1 aromatic heterocycles. The maximum atomic E-state index is 10.9. The molecule has 2 aromatic rings. The number of ether oxygens (including phenoxy) is 1. The van der Waals surface area contributed by atoms with Gasteiger partial charge in [0.2, 0.25) is 11.6 Å². The van der Waals surface area contributed by atoms with Crippen molar-refractivity contribution in [1.82, 2.24) is 9.97 Å². The van der Waals surface area contributed by atoms with Crippen LogP contribution < -0.4 is 4.74 Å². The van der Waals surface area contributed by atoms with E-state index in [2.05, 4.69) is 9.97 Å². The third-order valence-corrected chi connectivity index (χ3v) is 2.56. The topological polar surface area (TPSA) is 72.3 Å². The van der Waals surface area contributed by atoms with Gasteiger partial charge in [-0.25, -0.2) is 14.8 Å². The molecule has 92 valence electrons. The van der Waals surface area contributed by atoms with Gasteiger partial charge in [0.05, 0.1) is 0 Å². The predicted octanol–water partition coefficient (Wildman–Crippen LogP) is 2.41. The number of aromatic nitrogens is 2. The summed E-state index contributed by atoms with van der Waals surface area (Å²) in [5.74, 6) is -1.21. The lowest BCUT2D eigenvalue weighted by Gasteiger charge is -2.07. The zero-order valence-corrected chi connectivity index (χ0v) is 9.96. The molecule has 18 heavy (non-hydrogen) atoms. The first-order valence-corrected chi connectivity index (χ1v) is 5.47. The van der Waals surface area contributed by atoms with E-state index in [1.54, 1.807) is 18.2 Å². The van der Waals surface area contributed by atoms with E-state index in [-0.39, 0.29) is 18.2 Å². The Morgan fingerprint density at radius 2 is 2.00 bits per heavy atom. The summed E-state index contributed by atoms with van der Waals surface area (Å²) >= 11 is 5.96. The van der Waals surface area contributed by atoms with Crippen molar-refractivity contribution in [2.45, 2.75) is 6.61 Å². The second-order valence-corrected chi connectivity index (χ2v) is 3.80. The maximum Gasteiger partial charge on any atom is 0.360 e. The first-order chi connectivity index (χ1) is 8.68. The van der Waals surface area contributed by atoms with Gasteiger partial charge in [0.1, 0.15) is 6.61 Å². The third kappa shape index (κ3) is 2.75. The molecule has 0 amide bonds. The minimum atomic E-state index is -1.18. The number of aromatic carboxylic acids is 1. The number of carboxylic acid groups (broad SMARTS) is 1. The Labute approximate surface area is 108 Å². The molecule has 1 aromatic carbocycles. The molecule has 0 fully saturated rings. The van der Waals surface area contributed by atoms with Crippen molar-refractivity contribution in [2.24, 2.45) is 0 Å². The fourth-order valence-corrected chi connectivity index (χ4v) is 1.53. The highest BCUT2D eigenvalue weighted by atomic mass is 35.5. The molecule has 0 aliphatic heterocycles. The Balaban J connectivity index is 2.16. The molecule has 0 radical (unpaired) electrons. The molecule has 0 aliphatic rings. The second kappa shape index (κ2) is 5.46. The highest BCUT2D eigenvalue weighted by Gasteiger charge is 2.14. The van der Waals surface area contributed by atoms with Gasteiger partial charge in [-0.1, -0.05) is 29.8 Å². The molecule has 0 bridgehead atoms. The van der Waals surface area contributed by atoms with Crippen LogP contribution in [0.5, 0.6) is 5.88 Å². The van der Waals surface area contributed by atoms with Crippen LogP contribution in [0.4, 0.5) is 0 Å². The van der Waals surface area contributed by atoms with Crippen LogP contribution in [0.25, 0.3) is 0 Å². The predicted molar refractivity (Wildman–Crippen MR) is 64.8 cm³/mol. The molecule has 0 saturated heterocycles. The minimum Gasteiger partial charge on any atom is -0.476 e. The molecule has 6 heteroatoms. The highest BCUT2D eigenvalue weighted by Crippen LogP contribution is 2.18. The van der Waals surface area contributed by atoms with Crippen molar-refractivity contribution < 1.29 is 14.6 Å². The van der Waals surface area contributed by atoms with E-state index in [4.69, 9.17) is 21.4 Å². The Morgan fingerprint density at radius 3 is 2.72 bits per heavy atom. The minimum absolute atomic E-state index is 0.0232. The number of nitrogens with zero attached hydrogens (tertiary/aromatic N) is 2. The van der Waals surface area contributed by atoms with E-state index >= 15 is 0 Å². The smallest absolute Gasteiger partial charge is 0.360 e. The van der Waals surface area contributed by atoms with E-state index in [0.717, 1.165) is 5.56 Å². The third-order valence-electron chi connectivity index (χ3n) is 2.19. The van der Waals surface area contributed by atoms with Crippen LogP contribution in [0.15, 0.2) is 36.7 Å². The van der Waals surface area contributed by atoms with Crippen molar-refractivity contribution in [3.8, 4) is 5.88 Å². The molecule has 2 rings (SSSR count). The number of benzene rings is 1. The first kappa shape index (κ1) is 12.3. The van der Waals surface area contributed by atoms with Gasteiger partial charge < -0.3 is 9.84 Å². The van der Waals surface area contributed by atoms with E-state index in [1.165, 1.54) is 12.4 Å². The van der Waals surface area contributed by atoms with Crippen LogP contribution in [0.1, 0.15) is 16.1 Å². The average Bonchev–Trinajstić information content (AvgIpc) is 2.38. The van der Waals surface area contributed by atoms with Crippen molar-refractivity contribution >= 4 is 17.6 Å². The molecule has 1 heterocycles. The molecule has 5 nitrogen and oxygen atoms in total. The van der Waals surface area contributed by atoms with Crippen LogP contribution in [0.3, 0.4) is 0 Å². The summed E-state index contributed by atoms with van der Waals surface area (Å²) in [5.41, 5.74) is 0.533. The molecular weight excluding hydrogens is 256 g/mol. The lowest BCUT2D eigenvalue weighted by atomic mass is 10.2. The van der Waals surface area contributed by atoms with Gasteiger partial charge in [-0.2, -0.15) is 0 Å². The van der Waals surface area contributed by atoms with Crippen molar-refractivity contribution in [3.05, 3.63) is 52.9 Å². The summed E-state index contributed by atoms with van der Waals surface area (Å²) in [5, 5.41) is 9.46. The zero-order chi connectivity index (χ0) is 13.0. The van der Waals surface area contributed by atoms with Crippen LogP contribution in [0.2, 0.25) is 5.02 Å². The number of carbonyl (C=O) groups is 1. The number of rotatable bonds is 4. The van der Waals surface area contributed by atoms with Crippen molar-refractivity contribution in [3.63, 3.8) is 0 Å². The number of carboxylic acids is 1. The van der Waals surface area contributed by atoms with Gasteiger partial charge in [-0.15, -0.1) is 0 Å².